The Bertz CT molecular complexity index is 1050. The van der Waals surface area contributed by atoms with Crippen molar-refractivity contribution in [2.24, 2.45) is 5.41 Å². The zero-order valence-corrected chi connectivity index (χ0v) is 22.4. The number of fused-ring (bicyclic) bond motifs is 2. The number of hydrogen-bond acceptors (Lipinski definition) is 8. The number of nitrogens with one attached hydrogen (secondary N) is 1. The molecule has 6 atom stereocenters. The third kappa shape index (κ3) is 4.67. The Morgan fingerprint density at radius 3 is 2.63 bits per heavy atom. The van der Waals surface area contributed by atoms with E-state index in [0.717, 1.165) is 19.0 Å². The maximum atomic E-state index is 13.8. The monoisotopic (exact) mass is 541 g/mol. The summed E-state index contributed by atoms with van der Waals surface area (Å²) in [6.07, 6.45) is 0.675. The average Bonchev–Trinajstić information content (AvgIpc) is 3.57. The summed E-state index contributed by atoms with van der Waals surface area (Å²) in [6.45, 7) is 7.40. The molecule has 1 amide bonds. The first-order valence-corrected chi connectivity index (χ1v) is 13.3. The molecule has 1 aliphatic carbocycles. The summed E-state index contributed by atoms with van der Waals surface area (Å²) in [5, 5.41) is 14.9. The van der Waals surface area contributed by atoms with Crippen molar-refractivity contribution in [3.63, 3.8) is 0 Å². The van der Waals surface area contributed by atoms with Crippen LogP contribution in [-0.4, -0.2) is 94.7 Å². The van der Waals surface area contributed by atoms with Gasteiger partial charge < -0.3 is 29.7 Å². The van der Waals surface area contributed by atoms with E-state index in [4.69, 9.17) is 9.47 Å². The summed E-state index contributed by atoms with van der Waals surface area (Å²) in [6, 6.07) is -0.115. The highest BCUT2D eigenvalue weighted by Crippen LogP contribution is 2.45. The van der Waals surface area contributed by atoms with E-state index in [1.807, 2.05) is 16.7 Å². The summed E-state index contributed by atoms with van der Waals surface area (Å²) in [7, 11) is 1.63. The molecule has 9 nitrogen and oxygen atoms in total. The lowest BCUT2D eigenvalue weighted by Gasteiger charge is -2.52. The van der Waals surface area contributed by atoms with Crippen LogP contribution >= 0.6 is 0 Å². The number of carbonyl (C=O) groups excluding carboxylic acids is 1. The Balaban J connectivity index is 1.25. The number of hydrogen-bond donors (Lipinski definition) is 2. The molecule has 4 aliphatic rings. The van der Waals surface area contributed by atoms with Gasteiger partial charge >= 0.3 is 6.18 Å². The van der Waals surface area contributed by atoms with E-state index in [0.29, 0.717) is 45.6 Å². The molecular formula is C26H38F3N5O4. The highest BCUT2D eigenvalue weighted by molar-refractivity contribution is 5.84. The summed E-state index contributed by atoms with van der Waals surface area (Å²) in [4.78, 5) is 25.1. The van der Waals surface area contributed by atoms with Crippen molar-refractivity contribution in [3.8, 4) is 0 Å². The second-order valence-corrected chi connectivity index (χ2v) is 12.1. The van der Waals surface area contributed by atoms with E-state index < -0.39 is 28.4 Å². The summed E-state index contributed by atoms with van der Waals surface area (Å²) < 4.78 is 50.7. The number of amides is 1. The van der Waals surface area contributed by atoms with Crippen LogP contribution in [0.1, 0.15) is 58.6 Å². The van der Waals surface area contributed by atoms with Gasteiger partial charge in [-0.05, 0) is 46.0 Å². The second kappa shape index (κ2) is 9.57. The first kappa shape index (κ1) is 27.5. The van der Waals surface area contributed by atoms with Crippen LogP contribution in [0.3, 0.4) is 0 Å². The van der Waals surface area contributed by atoms with Gasteiger partial charge in [-0.15, -0.1) is 0 Å². The molecule has 2 bridgehead atoms. The van der Waals surface area contributed by atoms with E-state index in [-0.39, 0.29) is 36.0 Å². The van der Waals surface area contributed by atoms with Crippen molar-refractivity contribution in [1.29, 1.82) is 0 Å². The van der Waals surface area contributed by atoms with Crippen molar-refractivity contribution in [2.75, 3.05) is 38.3 Å². The lowest BCUT2D eigenvalue weighted by molar-refractivity contribution is -0.162. The molecule has 12 heteroatoms. The Labute approximate surface area is 221 Å². The number of anilines is 1. The van der Waals surface area contributed by atoms with Gasteiger partial charge in [0.15, 0.2) is 5.69 Å². The highest BCUT2D eigenvalue weighted by Gasteiger charge is 2.56. The van der Waals surface area contributed by atoms with E-state index in [2.05, 4.69) is 15.3 Å². The van der Waals surface area contributed by atoms with Crippen LogP contribution in [0.4, 0.5) is 19.0 Å². The van der Waals surface area contributed by atoms with Crippen LogP contribution in [0, 0.1) is 5.41 Å². The number of piperazine rings is 1. The van der Waals surface area contributed by atoms with E-state index >= 15 is 0 Å². The molecule has 5 rings (SSSR count). The Morgan fingerprint density at radius 2 is 2.00 bits per heavy atom. The van der Waals surface area contributed by atoms with Gasteiger partial charge in [0.2, 0.25) is 5.91 Å². The largest absolute Gasteiger partial charge is 0.434 e. The number of rotatable bonds is 6. The molecule has 1 aromatic rings. The summed E-state index contributed by atoms with van der Waals surface area (Å²) in [5.74, 6) is 0.300. The minimum Gasteiger partial charge on any atom is -0.388 e. The van der Waals surface area contributed by atoms with Gasteiger partial charge in [-0.1, -0.05) is 6.92 Å². The van der Waals surface area contributed by atoms with Crippen molar-refractivity contribution in [1.82, 2.24) is 20.2 Å². The smallest absolute Gasteiger partial charge is 0.388 e. The van der Waals surface area contributed by atoms with E-state index in [1.54, 1.807) is 21.0 Å². The average molecular weight is 542 g/mol. The Morgan fingerprint density at radius 1 is 1.24 bits per heavy atom. The molecule has 212 valence electrons. The Kier molecular flexibility index (Phi) is 6.93. The van der Waals surface area contributed by atoms with Crippen molar-refractivity contribution in [3.05, 3.63) is 18.1 Å². The summed E-state index contributed by atoms with van der Waals surface area (Å²) in [5.41, 5.74) is -3.33. The number of methoxy groups -OCH3 is 1. The van der Waals surface area contributed by atoms with Crippen molar-refractivity contribution >= 4 is 11.7 Å². The molecule has 4 fully saturated rings. The number of carbonyl (C=O) groups is 1. The maximum absolute atomic E-state index is 13.8. The van der Waals surface area contributed by atoms with Gasteiger partial charge in [0, 0.05) is 38.3 Å². The zero-order valence-electron chi connectivity index (χ0n) is 22.4. The van der Waals surface area contributed by atoms with Crippen LogP contribution < -0.4 is 10.2 Å². The standard InChI is InChI=1S/C26H38F3N5O4/c1-23(2,36)25(7-8-38-15-20(25)37-4)32-16-5-6-24(3,10-16)22(35)34-14-17-9-18(34)13-33(17)21-12-30-11-19(31-21)26(27,28)29/h11-12,16-18,20,32,36H,5-10,13-15H2,1-4H3/t16-,17-,18+,20-,24+,25+/m1/s1. The van der Waals surface area contributed by atoms with Crippen LogP contribution in [0.25, 0.3) is 0 Å². The van der Waals surface area contributed by atoms with Gasteiger partial charge in [0.1, 0.15) is 11.9 Å². The first-order valence-electron chi connectivity index (χ1n) is 13.3. The number of alkyl halides is 3. The van der Waals surface area contributed by atoms with Crippen LogP contribution in [0.2, 0.25) is 0 Å². The molecule has 2 N–H and O–H groups in total. The molecule has 4 heterocycles. The third-order valence-corrected chi connectivity index (χ3v) is 9.26. The topological polar surface area (TPSA) is 100 Å². The molecule has 0 aromatic carbocycles. The van der Waals surface area contributed by atoms with Gasteiger partial charge in [-0.2, -0.15) is 13.2 Å². The summed E-state index contributed by atoms with van der Waals surface area (Å²) >= 11 is 0. The second-order valence-electron chi connectivity index (χ2n) is 12.1. The molecule has 0 radical (unpaired) electrons. The minimum atomic E-state index is -4.55. The van der Waals surface area contributed by atoms with Crippen LogP contribution in [0.15, 0.2) is 12.4 Å². The fourth-order valence-corrected chi connectivity index (χ4v) is 7.13. The molecule has 0 unspecified atom stereocenters. The van der Waals surface area contributed by atoms with Crippen LogP contribution in [0.5, 0.6) is 0 Å². The third-order valence-electron chi connectivity index (χ3n) is 9.26. The van der Waals surface area contributed by atoms with Crippen LogP contribution in [-0.2, 0) is 20.4 Å². The fraction of sp³-hybridized carbons (Fsp3) is 0.808. The fourth-order valence-electron chi connectivity index (χ4n) is 7.13. The Hall–Kier alpha value is -2.02. The van der Waals surface area contributed by atoms with Gasteiger partial charge in [0.05, 0.1) is 42.2 Å². The number of nitrogens with zero attached hydrogens (tertiary/aromatic N) is 4. The lowest BCUT2D eigenvalue weighted by Crippen LogP contribution is -2.72. The number of aromatic nitrogens is 2. The predicted molar refractivity (Wildman–Crippen MR) is 132 cm³/mol. The van der Waals surface area contributed by atoms with Gasteiger partial charge in [0.25, 0.3) is 0 Å². The van der Waals surface area contributed by atoms with Crippen molar-refractivity contribution < 1.29 is 32.5 Å². The van der Waals surface area contributed by atoms with Gasteiger partial charge in [-0.3, -0.25) is 9.78 Å². The minimum absolute atomic E-state index is 0.0304. The highest BCUT2D eigenvalue weighted by atomic mass is 19.4. The number of halogens is 3. The predicted octanol–water partition coefficient (Wildman–Crippen LogP) is 2.38. The molecule has 1 saturated carbocycles. The SMILES string of the molecule is CO[C@@H]1COCC[C@@]1(N[C@@H]1CC[C@](C)(C(=O)N2C[C@H]3C[C@H]2CN3c2cncc(C(F)(F)F)n2)C1)C(C)(C)O. The van der Waals surface area contributed by atoms with Gasteiger partial charge in [-0.25, -0.2) is 4.98 Å². The molecular weight excluding hydrogens is 503 g/mol. The maximum Gasteiger partial charge on any atom is 0.434 e. The van der Waals surface area contributed by atoms with E-state index in [9.17, 15) is 23.1 Å². The quantitative estimate of drug-likeness (QED) is 0.567. The van der Waals surface area contributed by atoms with E-state index in [1.165, 1.54) is 6.20 Å². The number of ether oxygens (including phenoxy) is 2. The molecule has 3 aliphatic heterocycles. The molecule has 3 saturated heterocycles. The molecule has 38 heavy (non-hydrogen) atoms. The first-order chi connectivity index (χ1) is 17.8. The number of aliphatic hydroxyl groups is 1. The molecule has 0 spiro atoms. The lowest BCUT2D eigenvalue weighted by atomic mass is 9.73. The van der Waals surface area contributed by atoms with Crippen molar-refractivity contribution in [2.45, 2.75) is 94.4 Å². The normalized spacial score (nSPS) is 35.8. The number of likely N-dealkylation sites (tertiary alicyclic amines) is 1. The zero-order chi connectivity index (χ0) is 27.5. The molecule has 1 aromatic heterocycles.